The number of likely N-dealkylation sites (tertiary alicyclic amines) is 1. The molecule has 1 N–H and O–H groups in total. The van der Waals surface area contributed by atoms with Crippen molar-refractivity contribution in [3.63, 3.8) is 0 Å². The van der Waals surface area contributed by atoms with Gasteiger partial charge in [0.25, 0.3) is 0 Å². The number of nitrogens with zero attached hydrogens (tertiary/aromatic N) is 2. The molecule has 2 saturated heterocycles. The Morgan fingerprint density at radius 2 is 2.00 bits per heavy atom. The summed E-state index contributed by atoms with van der Waals surface area (Å²) in [6, 6.07) is 8.18. The van der Waals surface area contributed by atoms with Gasteiger partial charge in [-0.25, -0.2) is 0 Å². The SMILES string of the molecule is CC(C)(C(=O)N1CCC(N2CCNCC2)C1)c1cccc(Cl)c1. The highest BCUT2D eigenvalue weighted by Crippen LogP contribution is 2.30. The number of carbonyl (C=O) groups excluding carboxylic acids is 1. The highest BCUT2D eigenvalue weighted by molar-refractivity contribution is 6.30. The van der Waals surface area contributed by atoms with E-state index in [2.05, 4.69) is 10.2 Å². The highest BCUT2D eigenvalue weighted by atomic mass is 35.5. The largest absolute Gasteiger partial charge is 0.340 e. The van der Waals surface area contributed by atoms with Crippen molar-refractivity contribution in [2.45, 2.75) is 31.7 Å². The lowest BCUT2D eigenvalue weighted by Crippen LogP contribution is -2.50. The molecule has 1 aromatic rings. The minimum absolute atomic E-state index is 0.206. The molecule has 126 valence electrons. The van der Waals surface area contributed by atoms with Gasteiger partial charge in [-0.15, -0.1) is 0 Å². The van der Waals surface area contributed by atoms with Crippen molar-refractivity contribution in [1.82, 2.24) is 15.1 Å². The molecule has 0 aromatic heterocycles. The zero-order valence-electron chi connectivity index (χ0n) is 14.0. The van der Waals surface area contributed by atoms with E-state index < -0.39 is 5.41 Å². The van der Waals surface area contributed by atoms with Crippen molar-refractivity contribution in [2.75, 3.05) is 39.3 Å². The third-order valence-electron chi connectivity index (χ3n) is 5.20. The van der Waals surface area contributed by atoms with Gasteiger partial charge in [0.05, 0.1) is 5.41 Å². The van der Waals surface area contributed by atoms with Crippen molar-refractivity contribution in [3.05, 3.63) is 34.9 Å². The number of nitrogens with one attached hydrogen (secondary N) is 1. The number of halogens is 1. The van der Waals surface area contributed by atoms with E-state index in [4.69, 9.17) is 11.6 Å². The molecule has 1 aromatic carbocycles. The summed E-state index contributed by atoms with van der Waals surface area (Å²) in [4.78, 5) is 17.6. The molecule has 0 aliphatic carbocycles. The predicted octanol–water partition coefficient (Wildman–Crippen LogP) is 2.12. The van der Waals surface area contributed by atoms with Gasteiger partial charge in [0, 0.05) is 50.3 Å². The van der Waals surface area contributed by atoms with Crippen LogP contribution in [0.5, 0.6) is 0 Å². The maximum absolute atomic E-state index is 13.1. The molecule has 2 heterocycles. The third kappa shape index (κ3) is 3.54. The van der Waals surface area contributed by atoms with Gasteiger partial charge in [-0.2, -0.15) is 0 Å². The van der Waals surface area contributed by atoms with Gasteiger partial charge >= 0.3 is 0 Å². The Labute approximate surface area is 143 Å². The normalized spacial score (nSPS) is 23.3. The van der Waals surface area contributed by atoms with E-state index in [1.54, 1.807) is 0 Å². The smallest absolute Gasteiger partial charge is 0.232 e. The molecule has 0 spiro atoms. The fourth-order valence-electron chi connectivity index (χ4n) is 3.67. The van der Waals surface area contributed by atoms with Gasteiger partial charge in [-0.3, -0.25) is 9.69 Å². The van der Waals surface area contributed by atoms with Gasteiger partial charge in [0.1, 0.15) is 0 Å². The van der Waals surface area contributed by atoms with Crippen LogP contribution < -0.4 is 5.32 Å². The minimum atomic E-state index is -0.538. The summed E-state index contributed by atoms with van der Waals surface area (Å²) in [6.45, 7) is 9.99. The standard InChI is InChI=1S/C18H26ClN3O/c1-18(2,14-4-3-5-15(19)12-14)17(23)22-9-6-16(13-22)21-10-7-20-8-11-21/h3-5,12,16,20H,6-11,13H2,1-2H3. The van der Waals surface area contributed by atoms with Crippen LogP contribution in [0.4, 0.5) is 0 Å². The van der Waals surface area contributed by atoms with E-state index in [-0.39, 0.29) is 5.91 Å². The van der Waals surface area contributed by atoms with Crippen LogP contribution in [0, 0.1) is 0 Å². The molecule has 3 rings (SSSR count). The summed E-state index contributed by atoms with van der Waals surface area (Å²) in [5, 5.41) is 4.07. The Hall–Kier alpha value is -1.10. The van der Waals surface area contributed by atoms with E-state index in [0.29, 0.717) is 11.1 Å². The molecule has 5 heteroatoms. The van der Waals surface area contributed by atoms with E-state index in [9.17, 15) is 4.79 Å². The van der Waals surface area contributed by atoms with E-state index in [1.807, 2.05) is 43.0 Å². The Morgan fingerprint density at radius 1 is 1.26 bits per heavy atom. The van der Waals surface area contributed by atoms with Crippen LogP contribution in [0.1, 0.15) is 25.8 Å². The molecule has 4 nitrogen and oxygen atoms in total. The van der Waals surface area contributed by atoms with Crippen LogP contribution in [0.25, 0.3) is 0 Å². The molecule has 23 heavy (non-hydrogen) atoms. The topological polar surface area (TPSA) is 35.6 Å². The number of hydrogen-bond donors (Lipinski definition) is 1. The van der Waals surface area contributed by atoms with Gasteiger partial charge in [0.2, 0.25) is 5.91 Å². The van der Waals surface area contributed by atoms with Gasteiger partial charge in [-0.1, -0.05) is 23.7 Å². The summed E-state index contributed by atoms with van der Waals surface area (Å²) in [7, 11) is 0. The van der Waals surface area contributed by atoms with Crippen molar-refractivity contribution >= 4 is 17.5 Å². The first kappa shape index (κ1) is 16.7. The van der Waals surface area contributed by atoms with Crippen molar-refractivity contribution in [3.8, 4) is 0 Å². The first-order chi connectivity index (χ1) is 11.0. The lowest BCUT2D eigenvalue weighted by molar-refractivity contribution is -0.135. The molecule has 0 bridgehead atoms. The number of carbonyl (C=O) groups is 1. The lowest BCUT2D eigenvalue weighted by atomic mass is 9.83. The average molecular weight is 336 g/mol. The summed E-state index contributed by atoms with van der Waals surface area (Å²) in [5.41, 5.74) is 0.448. The van der Waals surface area contributed by atoms with Gasteiger partial charge in [-0.05, 0) is 38.0 Å². The molecule has 2 aliphatic rings. The monoisotopic (exact) mass is 335 g/mol. The van der Waals surface area contributed by atoms with E-state index >= 15 is 0 Å². The van der Waals surface area contributed by atoms with Crippen molar-refractivity contribution in [2.24, 2.45) is 0 Å². The zero-order valence-corrected chi connectivity index (χ0v) is 14.8. The number of piperazine rings is 1. The summed E-state index contributed by atoms with van der Waals surface area (Å²) in [6.07, 6.45) is 1.08. The highest BCUT2D eigenvalue weighted by Gasteiger charge is 2.38. The Kier molecular flexibility index (Phi) is 4.95. The predicted molar refractivity (Wildman–Crippen MR) is 93.9 cm³/mol. The second kappa shape index (κ2) is 6.80. The summed E-state index contributed by atoms with van der Waals surface area (Å²) in [5.74, 6) is 0.206. The van der Waals surface area contributed by atoms with Crippen LogP contribution in [0.15, 0.2) is 24.3 Å². The molecule has 2 fully saturated rings. The zero-order chi connectivity index (χ0) is 16.4. The third-order valence-corrected chi connectivity index (χ3v) is 5.43. The molecule has 0 radical (unpaired) electrons. The van der Waals surface area contributed by atoms with Gasteiger partial charge in [0.15, 0.2) is 0 Å². The van der Waals surface area contributed by atoms with E-state index in [1.165, 1.54) is 0 Å². The maximum Gasteiger partial charge on any atom is 0.232 e. The summed E-state index contributed by atoms with van der Waals surface area (Å²) < 4.78 is 0. The Bertz CT molecular complexity index is 569. The fraction of sp³-hybridized carbons (Fsp3) is 0.611. The Balaban J connectivity index is 1.68. The lowest BCUT2D eigenvalue weighted by Gasteiger charge is -2.34. The van der Waals surface area contributed by atoms with Crippen LogP contribution in [0.3, 0.4) is 0 Å². The molecular weight excluding hydrogens is 310 g/mol. The quantitative estimate of drug-likeness (QED) is 0.919. The molecule has 1 amide bonds. The number of amides is 1. The van der Waals surface area contributed by atoms with Crippen LogP contribution in [-0.2, 0) is 10.2 Å². The fourth-order valence-corrected chi connectivity index (χ4v) is 3.86. The maximum atomic E-state index is 13.1. The minimum Gasteiger partial charge on any atom is -0.340 e. The van der Waals surface area contributed by atoms with Gasteiger partial charge < -0.3 is 10.2 Å². The van der Waals surface area contributed by atoms with Crippen LogP contribution in [-0.4, -0.2) is 61.0 Å². The molecule has 1 atom stereocenters. The Morgan fingerprint density at radius 3 is 2.70 bits per heavy atom. The first-order valence-corrected chi connectivity index (χ1v) is 8.86. The van der Waals surface area contributed by atoms with Crippen molar-refractivity contribution in [1.29, 1.82) is 0 Å². The first-order valence-electron chi connectivity index (χ1n) is 8.48. The molecule has 0 saturated carbocycles. The van der Waals surface area contributed by atoms with Crippen LogP contribution >= 0.6 is 11.6 Å². The number of hydrogen-bond acceptors (Lipinski definition) is 3. The van der Waals surface area contributed by atoms with Crippen molar-refractivity contribution < 1.29 is 4.79 Å². The molecular formula is C18H26ClN3O. The molecule has 2 aliphatic heterocycles. The average Bonchev–Trinajstić information content (AvgIpc) is 3.05. The van der Waals surface area contributed by atoms with E-state index in [0.717, 1.165) is 51.3 Å². The number of rotatable bonds is 3. The second-order valence-corrected chi connectivity index (χ2v) is 7.55. The molecule has 1 unspecified atom stereocenters. The van der Waals surface area contributed by atoms with Crippen LogP contribution in [0.2, 0.25) is 5.02 Å². The second-order valence-electron chi connectivity index (χ2n) is 7.11. The summed E-state index contributed by atoms with van der Waals surface area (Å²) >= 11 is 6.10. The number of benzene rings is 1.